The lowest BCUT2D eigenvalue weighted by atomic mass is 9.99. The van der Waals surface area contributed by atoms with Crippen LogP contribution in [0, 0.1) is 6.92 Å². The number of nitrogens with zero attached hydrogens (tertiary/aromatic N) is 5. The number of halogens is 1. The number of aliphatic hydroxyl groups excluding tert-OH is 1. The molecule has 0 aromatic carbocycles. The van der Waals surface area contributed by atoms with Crippen LogP contribution in [0.4, 0.5) is 0 Å². The first-order chi connectivity index (χ1) is 14.4. The molecule has 2 atom stereocenters. The van der Waals surface area contributed by atoms with Crippen molar-refractivity contribution in [2.75, 3.05) is 6.54 Å². The number of carbonyl (C=O) groups is 1. The van der Waals surface area contributed by atoms with E-state index in [1.165, 1.54) is 0 Å². The number of fused-ring (bicyclic) bond motifs is 2. The number of hydrogen-bond acceptors (Lipinski definition) is 6. The van der Waals surface area contributed by atoms with Gasteiger partial charge in [0.2, 0.25) is 11.7 Å². The van der Waals surface area contributed by atoms with Crippen molar-refractivity contribution >= 4 is 23.0 Å². The third-order valence-electron chi connectivity index (χ3n) is 5.29. The van der Waals surface area contributed by atoms with E-state index in [2.05, 4.69) is 20.1 Å². The Bertz CT molecular complexity index is 1260. The fourth-order valence-corrected chi connectivity index (χ4v) is 4.06. The van der Waals surface area contributed by atoms with Gasteiger partial charge in [-0.2, -0.15) is 5.10 Å². The molecular formula is C20H19ClN6O3. The van der Waals surface area contributed by atoms with Crippen LogP contribution in [-0.4, -0.2) is 47.0 Å². The van der Waals surface area contributed by atoms with Crippen molar-refractivity contribution in [1.29, 1.82) is 0 Å². The number of amides is 1. The summed E-state index contributed by atoms with van der Waals surface area (Å²) in [6, 6.07) is 6.89. The van der Waals surface area contributed by atoms with Crippen molar-refractivity contribution in [2.45, 2.75) is 32.4 Å². The van der Waals surface area contributed by atoms with Crippen LogP contribution in [-0.2, 0) is 6.42 Å². The van der Waals surface area contributed by atoms with E-state index >= 15 is 0 Å². The van der Waals surface area contributed by atoms with E-state index in [9.17, 15) is 9.90 Å². The SMILES string of the molecule is Cc1nc(C(C)O)oc1C(=O)N1CCc2[nH]cnc2C1c1cc2cccc(Cl)n2n1. The first-order valence-electron chi connectivity index (χ1n) is 9.56. The number of rotatable bonds is 3. The number of imidazole rings is 1. The molecule has 0 fully saturated rings. The maximum atomic E-state index is 13.5. The third-order valence-corrected chi connectivity index (χ3v) is 5.58. The average Bonchev–Trinajstić information content (AvgIpc) is 3.44. The molecule has 2 N–H and O–H groups in total. The molecule has 0 bridgehead atoms. The Balaban J connectivity index is 1.62. The smallest absolute Gasteiger partial charge is 0.292 e. The molecule has 5 rings (SSSR count). The second-order valence-corrected chi connectivity index (χ2v) is 7.70. The summed E-state index contributed by atoms with van der Waals surface area (Å²) in [5, 5.41) is 14.9. The second-order valence-electron chi connectivity index (χ2n) is 7.31. The number of hydrogen-bond donors (Lipinski definition) is 2. The highest BCUT2D eigenvalue weighted by Crippen LogP contribution is 2.35. The van der Waals surface area contributed by atoms with Gasteiger partial charge in [0.05, 0.1) is 28.9 Å². The van der Waals surface area contributed by atoms with Crippen molar-refractivity contribution in [1.82, 2.24) is 29.5 Å². The summed E-state index contributed by atoms with van der Waals surface area (Å²) < 4.78 is 7.23. The number of aryl methyl sites for hydroxylation is 1. The van der Waals surface area contributed by atoms with Gasteiger partial charge in [-0.05, 0) is 32.0 Å². The van der Waals surface area contributed by atoms with E-state index in [0.717, 1.165) is 16.9 Å². The Hall–Kier alpha value is -3.17. The van der Waals surface area contributed by atoms with Gasteiger partial charge in [-0.25, -0.2) is 14.5 Å². The number of carbonyl (C=O) groups excluding carboxylic acids is 1. The molecule has 4 aromatic heterocycles. The summed E-state index contributed by atoms with van der Waals surface area (Å²) in [5.41, 5.74) is 3.60. The fraction of sp³-hybridized carbons (Fsp3) is 0.300. The van der Waals surface area contributed by atoms with Crippen LogP contribution >= 0.6 is 11.6 Å². The molecule has 30 heavy (non-hydrogen) atoms. The number of aliphatic hydroxyl groups is 1. The molecule has 0 saturated heterocycles. The van der Waals surface area contributed by atoms with Crippen LogP contribution in [0.15, 0.2) is 35.0 Å². The summed E-state index contributed by atoms with van der Waals surface area (Å²) in [7, 11) is 0. The maximum Gasteiger partial charge on any atom is 0.292 e. The van der Waals surface area contributed by atoms with Crippen molar-refractivity contribution in [3.63, 3.8) is 0 Å². The molecule has 9 nitrogen and oxygen atoms in total. The van der Waals surface area contributed by atoms with E-state index in [0.29, 0.717) is 29.5 Å². The largest absolute Gasteiger partial charge is 0.432 e. The van der Waals surface area contributed by atoms with Crippen molar-refractivity contribution in [2.24, 2.45) is 0 Å². The van der Waals surface area contributed by atoms with Crippen LogP contribution in [0.2, 0.25) is 5.15 Å². The summed E-state index contributed by atoms with van der Waals surface area (Å²) in [5.74, 6) is -0.102. The van der Waals surface area contributed by atoms with Gasteiger partial charge in [0.25, 0.3) is 5.91 Å². The number of pyridine rings is 1. The molecule has 10 heteroatoms. The standard InChI is InChI=1S/C20H19ClN6O3/c1-10-18(30-19(24-10)11(2)28)20(29)26-7-6-13-16(23-9-22-13)17(26)14-8-12-4-3-5-15(21)27(12)25-14/h3-5,8-9,11,17,28H,6-7H2,1-2H3,(H,22,23). The predicted octanol–water partition coefficient (Wildman–Crippen LogP) is 2.85. The monoisotopic (exact) mass is 426 g/mol. The normalized spacial score (nSPS) is 17.3. The molecular weight excluding hydrogens is 408 g/mol. The Morgan fingerprint density at radius 3 is 3.00 bits per heavy atom. The molecule has 0 spiro atoms. The zero-order valence-corrected chi connectivity index (χ0v) is 17.1. The molecule has 5 heterocycles. The number of oxazole rings is 1. The molecule has 4 aromatic rings. The van der Waals surface area contributed by atoms with Crippen molar-refractivity contribution in [3.8, 4) is 0 Å². The van der Waals surface area contributed by atoms with Crippen LogP contribution in [0.1, 0.15) is 58.3 Å². The van der Waals surface area contributed by atoms with Crippen LogP contribution < -0.4 is 0 Å². The maximum absolute atomic E-state index is 13.5. The highest BCUT2D eigenvalue weighted by molar-refractivity contribution is 6.29. The Morgan fingerprint density at radius 1 is 1.43 bits per heavy atom. The Kier molecular flexibility index (Phi) is 4.37. The minimum atomic E-state index is -0.902. The Morgan fingerprint density at radius 2 is 2.27 bits per heavy atom. The summed E-state index contributed by atoms with van der Waals surface area (Å²) in [6.07, 6.45) is 1.35. The molecule has 0 radical (unpaired) electrons. The van der Waals surface area contributed by atoms with E-state index in [1.807, 2.05) is 18.2 Å². The molecule has 1 aliphatic rings. The van der Waals surface area contributed by atoms with Crippen LogP contribution in [0.3, 0.4) is 0 Å². The van der Waals surface area contributed by atoms with E-state index in [1.54, 1.807) is 35.7 Å². The molecule has 0 aliphatic carbocycles. The van der Waals surface area contributed by atoms with Gasteiger partial charge in [-0.3, -0.25) is 4.79 Å². The first kappa shape index (κ1) is 18.8. The summed E-state index contributed by atoms with van der Waals surface area (Å²) in [6.45, 7) is 3.68. The van der Waals surface area contributed by atoms with E-state index < -0.39 is 12.1 Å². The Labute approximate surface area is 176 Å². The lowest BCUT2D eigenvalue weighted by molar-refractivity contribution is 0.0644. The zero-order valence-electron chi connectivity index (χ0n) is 16.3. The molecule has 1 aliphatic heterocycles. The molecule has 2 unspecified atom stereocenters. The molecule has 1 amide bonds. The lowest BCUT2D eigenvalue weighted by Gasteiger charge is -2.33. The lowest BCUT2D eigenvalue weighted by Crippen LogP contribution is -2.41. The number of H-pyrrole nitrogens is 1. The summed E-state index contributed by atoms with van der Waals surface area (Å²) >= 11 is 6.29. The van der Waals surface area contributed by atoms with Crippen LogP contribution in [0.5, 0.6) is 0 Å². The van der Waals surface area contributed by atoms with E-state index in [-0.39, 0.29) is 17.6 Å². The fourth-order valence-electron chi connectivity index (χ4n) is 3.85. The summed E-state index contributed by atoms with van der Waals surface area (Å²) in [4.78, 5) is 27.0. The van der Waals surface area contributed by atoms with Gasteiger partial charge in [0, 0.05) is 18.7 Å². The van der Waals surface area contributed by atoms with Gasteiger partial charge in [0.15, 0.2) is 0 Å². The van der Waals surface area contributed by atoms with Gasteiger partial charge in [-0.1, -0.05) is 17.7 Å². The number of aromatic amines is 1. The number of aromatic nitrogens is 5. The van der Waals surface area contributed by atoms with Gasteiger partial charge in [0.1, 0.15) is 17.3 Å². The van der Waals surface area contributed by atoms with Crippen molar-refractivity contribution < 1.29 is 14.3 Å². The zero-order chi connectivity index (χ0) is 21.0. The topological polar surface area (TPSA) is 113 Å². The predicted molar refractivity (Wildman–Crippen MR) is 107 cm³/mol. The van der Waals surface area contributed by atoms with E-state index in [4.69, 9.17) is 16.0 Å². The highest BCUT2D eigenvalue weighted by Gasteiger charge is 2.38. The minimum absolute atomic E-state index is 0.108. The van der Waals surface area contributed by atoms with Gasteiger partial charge >= 0.3 is 0 Å². The van der Waals surface area contributed by atoms with Crippen LogP contribution in [0.25, 0.3) is 5.52 Å². The first-order valence-corrected chi connectivity index (χ1v) is 9.94. The molecule has 154 valence electrons. The third kappa shape index (κ3) is 2.89. The quantitative estimate of drug-likeness (QED) is 0.487. The minimum Gasteiger partial charge on any atom is -0.432 e. The average molecular weight is 427 g/mol. The highest BCUT2D eigenvalue weighted by atomic mass is 35.5. The number of nitrogens with one attached hydrogen (secondary N) is 1. The van der Waals surface area contributed by atoms with Gasteiger partial charge < -0.3 is 19.4 Å². The van der Waals surface area contributed by atoms with Gasteiger partial charge in [-0.15, -0.1) is 0 Å². The van der Waals surface area contributed by atoms with Crippen molar-refractivity contribution in [3.05, 3.63) is 70.2 Å². The molecule has 0 saturated carbocycles. The second kappa shape index (κ2) is 6.96.